The molecule has 2 aliphatic rings. The second-order valence-electron chi connectivity index (χ2n) is 8.37. The van der Waals surface area contributed by atoms with Gasteiger partial charge in [-0.05, 0) is 39.0 Å². The Bertz CT molecular complexity index is 622. The number of hydrogen-bond donors (Lipinski definition) is 2. The van der Waals surface area contributed by atoms with Crippen LogP contribution in [-0.4, -0.2) is 64.4 Å². The third-order valence-electron chi connectivity index (χ3n) is 5.97. The van der Waals surface area contributed by atoms with Gasteiger partial charge in [0.1, 0.15) is 11.6 Å². The van der Waals surface area contributed by atoms with Crippen molar-refractivity contribution < 1.29 is 0 Å². The van der Waals surface area contributed by atoms with E-state index in [9.17, 15) is 0 Å². The van der Waals surface area contributed by atoms with Gasteiger partial charge in [-0.25, -0.2) is 0 Å². The number of guanidine groups is 1. The monoisotopic (exact) mass is 375 g/mol. The first-order chi connectivity index (χ1) is 13.1. The molecule has 0 aromatic carbocycles. The smallest absolute Gasteiger partial charge is 0.191 e. The van der Waals surface area contributed by atoms with E-state index in [4.69, 9.17) is 0 Å². The second kappa shape index (κ2) is 9.53. The van der Waals surface area contributed by atoms with Crippen molar-refractivity contribution in [3.05, 3.63) is 11.6 Å². The highest BCUT2D eigenvalue weighted by Gasteiger charge is 2.31. The van der Waals surface area contributed by atoms with Crippen molar-refractivity contribution in [1.82, 2.24) is 30.3 Å². The predicted molar refractivity (Wildman–Crippen MR) is 110 cm³/mol. The highest BCUT2D eigenvalue weighted by atomic mass is 15.3. The molecule has 7 nitrogen and oxygen atoms in total. The first-order valence-corrected chi connectivity index (χ1v) is 10.7. The van der Waals surface area contributed by atoms with Gasteiger partial charge in [0.25, 0.3) is 0 Å². The Morgan fingerprint density at radius 2 is 2.07 bits per heavy atom. The zero-order chi connectivity index (χ0) is 19.2. The third-order valence-corrected chi connectivity index (χ3v) is 5.97. The Morgan fingerprint density at radius 1 is 1.22 bits per heavy atom. The van der Waals surface area contributed by atoms with Gasteiger partial charge in [0.05, 0.1) is 0 Å². The molecule has 3 rings (SSSR count). The van der Waals surface area contributed by atoms with E-state index >= 15 is 0 Å². The number of aryl methyl sites for hydroxylation is 2. The summed E-state index contributed by atoms with van der Waals surface area (Å²) in [5.41, 5.74) is 0. The maximum absolute atomic E-state index is 4.43. The van der Waals surface area contributed by atoms with E-state index in [0.717, 1.165) is 57.2 Å². The van der Waals surface area contributed by atoms with Crippen LogP contribution in [0.4, 0.5) is 0 Å². The lowest BCUT2D eigenvalue weighted by atomic mass is 10.1. The van der Waals surface area contributed by atoms with Gasteiger partial charge in [0.15, 0.2) is 5.96 Å². The molecule has 3 heterocycles. The highest BCUT2D eigenvalue weighted by Crippen LogP contribution is 2.18. The molecule has 2 atom stereocenters. The molecule has 7 heteroatoms. The topological polar surface area (TPSA) is 70.4 Å². The molecule has 0 amide bonds. The average Bonchev–Trinajstić information content (AvgIpc) is 3.12. The number of likely N-dealkylation sites (tertiary alicyclic amines) is 1. The van der Waals surface area contributed by atoms with Gasteiger partial charge < -0.3 is 15.2 Å². The third kappa shape index (κ3) is 5.21. The molecule has 0 aliphatic carbocycles. The molecule has 0 spiro atoms. The molecule has 2 N–H and O–H groups in total. The van der Waals surface area contributed by atoms with Crippen LogP contribution in [0.1, 0.15) is 58.1 Å². The summed E-state index contributed by atoms with van der Waals surface area (Å²) in [6.07, 6.45) is 6.89. The van der Waals surface area contributed by atoms with E-state index in [2.05, 4.69) is 56.1 Å². The number of nitrogens with zero attached hydrogens (tertiary/aromatic N) is 5. The highest BCUT2D eigenvalue weighted by molar-refractivity contribution is 5.80. The predicted octanol–water partition coefficient (Wildman–Crippen LogP) is 1.83. The molecule has 1 fully saturated rings. The van der Waals surface area contributed by atoms with Crippen molar-refractivity contribution in [2.24, 2.45) is 10.9 Å². The Kier molecular flexibility index (Phi) is 7.10. The quantitative estimate of drug-likeness (QED) is 0.451. The first kappa shape index (κ1) is 20.1. The number of aliphatic imine (C=N–C) groups is 1. The van der Waals surface area contributed by atoms with E-state index in [-0.39, 0.29) is 0 Å². The Labute approximate surface area is 164 Å². The zero-order valence-electron chi connectivity index (χ0n) is 17.5. The van der Waals surface area contributed by atoms with Gasteiger partial charge in [-0.15, -0.1) is 10.2 Å². The summed E-state index contributed by atoms with van der Waals surface area (Å²) in [4.78, 5) is 6.95. The van der Waals surface area contributed by atoms with Crippen LogP contribution >= 0.6 is 0 Å². The second-order valence-corrected chi connectivity index (χ2v) is 8.37. The number of rotatable bonds is 6. The van der Waals surface area contributed by atoms with Gasteiger partial charge in [-0.3, -0.25) is 9.89 Å². The summed E-state index contributed by atoms with van der Waals surface area (Å²) >= 11 is 0. The number of aromatic nitrogens is 3. The Morgan fingerprint density at radius 3 is 2.81 bits per heavy atom. The molecule has 152 valence electrons. The van der Waals surface area contributed by atoms with E-state index in [1.165, 1.54) is 25.1 Å². The Hall–Kier alpha value is -1.63. The molecule has 27 heavy (non-hydrogen) atoms. The Balaban J connectivity index is 1.42. The van der Waals surface area contributed by atoms with Crippen molar-refractivity contribution in [3.63, 3.8) is 0 Å². The van der Waals surface area contributed by atoms with Crippen LogP contribution in [0.2, 0.25) is 0 Å². The maximum atomic E-state index is 4.43. The van der Waals surface area contributed by atoms with Crippen LogP contribution in [0.3, 0.4) is 0 Å². The minimum Gasteiger partial charge on any atom is -0.356 e. The maximum Gasteiger partial charge on any atom is 0.191 e. The first-order valence-electron chi connectivity index (χ1n) is 10.7. The van der Waals surface area contributed by atoms with Crippen molar-refractivity contribution in [2.75, 3.05) is 26.7 Å². The number of nitrogens with one attached hydrogen (secondary N) is 2. The summed E-state index contributed by atoms with van der Waals surface area (Å²) in [5.74, 6) is 3.88. The van der Waals surface area contributed by atoms with E-state index in [0.29, 0.717) is 18.0 Å². The SMILES string of the molecule is CN=C(NCCCc1nnc2n1CCCCC2)NC1CN(C(C)C)CC1C. The molecule has 0 radical (unpaired) electrons. The summed E-state index contributed by atoms with van der Waals surface area (Å²) in [7, 11) is 1.85. The van der Waals surface area contributed by atoms with Crippen LogP contribution in [0.5, 0.6) is 0 Å². The molecule has 1 saturated heterocycles. The minimum atomic E-state index is 0.464. The molecule has 1 aromatic rings. The molecule has 0 saturated carbocycles. The van der Waals surface area contributed by atoms with E-state index in [1.807, 2.05) is 7.05 Å². The summed E-state index contributed by atoms with van der Waals surface area (Å²) in [6.45, 7) is 11.1. The summed E-state index contributed by atoms with van der Waals surface area (Å²) in [5, 5.41) is 15.9. The van der Waals surface area contributed by atoms with Gasteiger partial charge >= 0.3 is 0 Å². The lowest BCUT2D eigenvalue weighted by Crippen LogP contribution is -2.47. The van der Waals surface area contributed by atoms with Crippen molar-refractivity contribution in [1.29, 1.82) is 0 Å². The molecule has 1 aromatic heterocycles. The fourth-order valence-corrected chi connectivity index (χ4v) is 4.17. The molecule has 0 bridgehead atoms. The lowest BCUT2D eigenvalue weighted by Gasteiger charge is -2.22. The van der Waals surface area contributed by atoms with E-state index in [1.54, 1.807) is 0 Å². The van der Waals surface area contributed by atoms with Crippen LogP contribution < -0.4 is 10.6 Å². The molecular weight excluding hydrogens is 338 g/mol. The van der Waals surface area contributed by atoms with Gasteiger partial charge in [0, 0.05) is 58.2 Å². The summed E-state index contributed by atoms with van der Waals surface area (Å²) < 4.78 is 2.35. The minimum absolute atomic E-state index is 0.464. The van der Waals surface area contributed by atoms with Gasteiger partial charge in [-0.2, -0.15) is 0 Å². The molecule has 2 unspecified atom stereocenters. The average molecular weight is 376 g/mol. The fraction of sp³-hybridized carbons (Fsp3) is 0.850. The van der Waals surface area contributed by atoms with Crippen LogP contribution in [0.15, 0.2) is 4.99 Å². The molecule has 2 aliphatic heterocycles. The van der Waals surface area contributed by atoms with Gasteiger partial charge in [-0.1, -0.05) is 13.3 Å². The lowest BCUT2D eigenvalue weighted by molar-refractivity contribution is 0.265. The van der Waals surface area contributed by atoms with Crippen molar-refractivity contribution in [3.8, 4) is 0 Å². The van der Waals surface area contributed by atoms with Crippen LogP contribution in [-0.2, 0) is 19.4 Å². The van der Waals surface area contributed by atoms with E-state index < -0.39 is 0 Å². The fourth-order valence-electron chi connectivity index (χ4n) is 4.17. The number of fused-ring (bicyclic) bond motifs is 1. The largest absolute Gasteiger partial charge is 0.356 e. The normalized spacial score (nSPS) is 24.1. The van der Waals surface area contributed by atoms with Crippen molar-refractivity contribution in [2.45, 2.75) is 77.9 Å². The van der Waals surface area contributed by atoms with Crippen molar-refractivity contribution >= 4 is 5.96 Å². The number of hydrogen-bond acceptors (Lipinski definition) is 4. The standard InChI is InChI=1S/C20H37N7/c1-15(2)26-13-16(3)17(14-26)23-20(21-4)22-11-8-10-19-25-24-18-9-6-5-7-12-27(18)19/h15-17H,5-14H2,1-4H3,(H2,21,22,23). The zero-order valence-corrected chi connectivity index (χ0v) is 17.5. The van der Waals surface area contributed by atoms with Gasteiger partial charge in [0.2, 0.25) is 0 Å². The van der Waals surface area contributed by atoms with Crippen LogP contribution in [0, 0.1) is 5.92 Å². The molecular formula is C20H37N7. The summed E-state index contributed by atoms with van der Waals surface area (Å²) in [6, 6.07) is 1.07. The van der Waals surface area contributed by atoms with Crippen LogP contribution in [0.25, 0.3) is 0 Å².